The van der Waals surface area contributed by atoms with Crippen molar-refractivity contribution in [1.82, 2.24) is 5.32 Å². The molecule has 0 bridgehead atoms. The zero-order valence-electron chi connectivity index (χ0n) is 61.1. The van der Waals surface area contributed by atoms with Gasteiger partial charge >= 0.3 is 0 Å². The maximum Gasteiger partial charge on any atom is 0.220 e. The van der Waals surface area contributed by atoms with Crippen molar-refractivity contribution in [2.75, 3.05) is 26.4 Å². The highest BCUT2D eigenvalue weighted by Gasteiger charge is 2.54. The van der Waals surface area contributed by atoms with Gasteiger partial charge in [-0.1, -0.05) is 308 Å². The number of carbonyl (C=O) groups is 1. The molecular weight excluding hydrogens is 1240 g/mol. The second kappa shape index (κ2) is 59.6. The molecule has 1 amide bonds. The molecule has 3 aliphatic rings. The van der Waals surface area contributed by atoms with Crippen molar-refractivity contribution in [1.29, 1.82) is 0 Å². The molecule has 0 aromatic heterocycles. The number of allylic oxidation sites excluding steroid dienone is 3. The number of aliphatic hydroxyl groups is 11. The van der Waals surface area contributed by atoms with Crippen LogP contribution in [0, 0.1) is 0 Å². The molecule has 572 valence electrons. The van der Waals surface area contributed by atoms with E-state index in [1.54, 1.807) is 6.08 Å². The Balaban J connectivity index is 1.36. The van der Waals surface area contributed by atoms with E-state index < -0.39 is 124 Å². The van der Waals surface area contributed by atoms with Gasteiger partial charge in [-0.3, -0.25) is 4.79 Å². The van der Waals surface area contributed by atoms with Crippen LogP contribution in [0.4, 0.5) is 0 Å². The van der Waals surface area contributed by atoms with Crippen molar-refractivity contribution < 1.29 is 89.4 Å². The Labute approximate surface area is 588 Å². The molecule has 3 rings (SSSR count). The highest BCUT2D eigenvalue weighted by atomic mass is 16.8. The van der Waals surface area contributed by atoms with Gasteiger partial charge in [-0.15, -0.1) is 0 Å². The zero-order chi connectivity index (χ0) is 70.4. The van der Waals surface area contributed by atoms with Crippen LogP contribution >= 0.6 is 0 Å². The number of hydrogen-bond acceptors (Lipinski definition) is 18. The van der Waals surface area contributed by atoms with Gasteiger partial charge in [0.1, 0.15) is 73.2 Å². The maximum absolute atomic E-state index is 13.5. The summed E-state index contributed by atoms with van der Waals surface area (Å²) in [4.78, 5) is 13.5. The van der Waals surface area contributed by atoms with Gasteiger partial charge in [-0.25, -0.2) is 0 Å². The summed E-state index contributed by atoms with van der Waals surface area (Å²) in [6.45, 7) is 1.79. The summed E-state index contributed by atoms with van der Waals surface area (Å²) in [6, 6.07) is -0.971. The highest BCUT2D eigenvalue weighted by Crippen LogP contribution is 2.33. The lowest BCUT2D eigenvalue weighted by molar-refractivity contribution is -0.379. The number of rotatable bonds is 64. The van der Waals surface area contributed by atoms with E-state index in [4.69, 9.17) is 28.4 Å². The van der Waals surface area contributed by atoms with Crippen LogP contribution in [-0.4, -0.2) is 193 Å². The number of nitrogens with one attached hydrogen (secondary N) is 1. The molecule has 97 heavy (non-hydrogen) atoms. The Morgan fingerprint density at radius 1 is 0.361 bits per heavy atom. The number of hydrogen-bond donors (Lipinski definition) is 12. The predicted molar refractivity (Wildman–Crippen MR) is 383 cm³/mol. The molecule has 3 aliphatic heterocycles. The van der Waals surface area contributed by atoms with Crippen molar-refractivity contribution in [3.8, 4) is 0 Å². The Hall–Kier alpha value is -1.73. The lowest BCUT2D eigenvalue weighted by atomic mass is 9.96. The van der Waals surface area contributed by atoms with Crippen molar-refractivity contribution in [2.24, 2.45) is 0 Å². The molecule has 17 unspecified atom stereocenters. The Morgan fingerprint density at radius 3 is 1.00 bits per heavy atom. The number of amides is 1. The van der Waals surface area contributed by atoms with Crippen molar-refractivity contribution >= 4 is 5.91 Å². The fraction of sp³-hybridized carbons (Fsp3) is 0.936. The molecular formula is C78H147NO18. The van der Waals surface area contributed by atoms with Gasteiger partial charge in [0.25, 0.3) is 0 Å². The zero-order valence-corrected chi connectivity index (χ0v) is 61.1. The predicted octanol–water partition coefficient (Wildman–Crippen LogP) is 13.0. The van der Waals surface area contributed by atoms with E-state index in [0.717, 1.165) is 44.9 Å². The second-order valence-electron chi connectivity index (χ2n) is 28.9. The Morgan fingerprint density at radius 2 is 0.649 bits per heavy atom. The van der Waals surface area contributed by atoms with E-state index in [0.29, 0.717) is 6.42 Å². The monoisotopic (exact) mass is 1390 g/mol. The van der Waals surface area contributed by atoms with Crippen LogP contribution in [0.2, 0.25) is 0 Å². The van der Waals surface area contributed by atoms with Gasteiger partial charge in [0.2, 0.25) is 5.91 Å². The topological polar surface area (TPSA) is 307 Å². The maximum atomic E-state index is 13.5. The summed E-state index contributed by atoms with van der Waals surface area (Å²) in [6.07, 6.45) is 44.5. The molecule has 0 aromatic rings. The minimum absolute atomic E-state index is 0.248. The summed E-state index contributed by atoms with van der Waals surface area (Å²) in [5, 5.41) is 121. The Bertz CT molecular complexity index is 1850. The van der Waals surface area contributed by atoms with E-state index >= 15 is 0 Å². The first-order valence-electron chi connectivity index (χ1n) is 40.1. The SMILES string of the molecule is CCCCCCCCCC/C=C\CCCCCCCCCCCCCCCCCCCCCC(=O)NC(COC1OC(CO)C(OC2OC(CO)C(OC3OC(CO)C(O)C(O)C3O)C(O)C2O)C(O)C1O)C(O)/C=C/CCCCCCCCCCCCCCCCCCCCC. The molecule has 0 aromatic carbocycles. The highest BCUT2D eigenvalue weighted by molar-refractivity contribution is 5.76. The second-order valence-corrected chi connectivity index (χ2v) is 28.9. The van der Waals surface area contributed by atoms with Crippen LogP contribution in [0.15, 0.2) is 24.3 Å². The third kappa shape index (κ3) is 40.2. The van der Waals surface area contributed by atoms with E-state index in [2.05, 4.69) is 31.3 Å². The average molecular weight is 1390 g/mol. The van der Waals surface area contributed by atoms with Crippen LogP contribution in [0.5, 0.6) is 0 Å². The fourth-order valence-electron chi connectivity index (χ4n) is 13.8. The van der Waals surface area contributed by atoms with Gasteiger partial charge in [-0.05, 0) is 44.9 Å². The van der Waals surface area contributed by atoms with E-state index in [1.807, 2.05) is 6.08 Å². The van der Waals surface area contributed by atoms with Crippen LogP contribution in [-0.2, 0) is 33.2 Å². The summed E-state index contributed by atoms with van der Waals surface area (Å²) in [5.41, 5.74) is 0. The molecule has 3 saturated heterocycles. The van der Waals surface area contributed by atoms with E-state index in [9.17, 15) is 61.0 Å². The molecule has 0 aliphatic carbocycles. The molecule has 0 radical (unpaired) electrons. The van der Waals surface area contributed by atoms with Crippen LogP contribution in [0.1, 0.15) is 335 Å². The molecule has 12 N–H and O–H groups in total. The largest absolute Gasteiger partial charge is 0.394 e. The van der Waals surface area contributed by atoms with Crippen molar-refractivity contribution in [3.63, 3.8) is 0 Å². The normalized spacial score (nSPS) is 27.0. The molecule has 17 atom stereocenters. The van der Waals surface area contributed by atoms with Crippen LogP contribution in [0.3, 0.4) is 0 Å². The van der Waals surface area contributed by atoms with Crippen molar-refractivity contribution in [2.45, 2.75) is 439 Å². The lowest BCUT2D eigenvalue weighted by Crippen LogP contribution is -2.66. The summed E-state index contributed by atoms with van der Waals surface area (Å²) < 4.78 is 34.5. The van der Waals surface area contributed by atoms with Gasteiger partial charge < -0.3 is 89.9 Å². The summed E-state index contributed by atoms with van der Waals surface area (Å²) in [5.74, 6) is -0.268. The average Bonchev–Trinajstić information content (AvgIpc) is 0.798. The molecule has 19 heteroatoms. The Kier molecular flexibility index (Phi) is 55.0. The van der Waals surface area contributed by atoms with E-state index in [1.165, 1.54) is 263 Å². The standard InChI is InChI=1S/C78H147NO18/c1-3-5-7-9-11-13-15-17-19-21-23-25-26-27-28-29-30-31-32-33-34-36-38-40-42-44-46-48-50-52-54-56-66(84)79-61(62(83)55-53-51-49-47-45-43-41-39-37-35-24-22-20-18-16-14-12-10-8-6-4-2)60-92-76-72(90)69(87)74(64(58-81)94-76)97-78-73(91)70(88)75(65(59-82)95-78)96-77-71(89)68(86)67(85)63(57-80)93-77/h21,23,53,55,61-65,67-78,80-83,85-91H,3-20,22,24-52,54,56-60H2,1-2H3,(H,79,84)/b23-21-,55-53+. The van der Waals surface area contributed by atoms with E-state index in [-0.39, 0.29) is 18.9 Å². The lowest BCUT2D eigenvalue weighted by Gasteiger charge is -2.48. The minimum Gasteiger partial charge on any atom is -0.394 e. The number of ether oxygens (including phenoxy) is 6. The third-order valence-corrected chi connectivity index (χ3v) is 20.2. The molecule has 0 spiro atoms. The molecule has 19 nitrogen and oxygen atoms in total. The first-order chi connectivity index (χ1) is 47.3. The first-order valence-corrected chi connectivity index (χ1v) is 40.1. The number of unbranched alkanes of at least 4 members (excludes halogenated alkanes) is 46. The first kappa shape index (κ1) is 89.5. The fourth-order valence-corrected chi connectivity index (χ4v) is 13.8. The van der Waals surface area contributed by atoms with Gasteiger partial charge in [0.05, 0.1) is 38.6 Å². The van der Waals surface area contributed by atoms with Gasteiger partial charge in [-0.2, -0.15) is 0 Å². The molecule has 0 saturated carbocycles. The minimum atomic E-state index is -1.98. The summed E-state index contributed by atoms with van der Waals surface area (Å²) >= 11 is 0. The smallest absolute Gasteiger partial charge is 0.220 e. The summed E-state index contributed by atoms with van der Waals surface area (Å²) in [7, 11) is 0. The quantitative estimate of drug-likeness (QED) is 0.0199. The van der Waals surface area contributed by atoms with Crippen LogP contribution < -0.4 is 5.32 Å². The molecule has 3 fully saturated rings. The molecule has 3 heterocycles. The number of aliphatic hydroxyl groups excluding tert-OH is 11. The van der Waals surface area contributed by atoms with Gasteiger partial charge in [0, 0.05) is 6.42 Å². The van der Waals surface area contributed by atoms with Gasteiger partial charge in [0.15, 0.2) is 18.9 Å². The third-order valence-electron chi connectivity index (χ3n) is 20.2. The van der Waals surface area contributed by atoms with Crippen molar-refractivity contribution in [3.05, 3.63) is 24.3 Å². The van der Waals surface area contributed by atoms with Crippen LogP contribution in [0.25, 0.3) is 0 Å². The number of carbonyl (C=O) groups excluding carboxylic acids is 1.